The van der Waals surface area contributed by atoms with Crippen molar-refractivity contribution in [1.29, 1.82) is 0 Å². The van der Waals surface area contributed by atoms with Gasteiger partial charge in [-0.3, -0.25) is 0 Å². The molecule has 164 valence electrons. The summed E-state index contributed by atoms with van der Waals surface area (Å²) < 4.78 is 6.29. The number of para-hydroxylation sites is 1. The third-order valence-corrected chi connectivity index (χ3v) is 4.94. The summed E-state index contributed by atoms with van der Waals surface area (Å²) in [4.78, 5) is 10.7. The van der Waals surface area contributed by atoms with Gasteiger partial charge >= 0.3 is 0 Å². The van der Waals surface area contributed by atoms with Crippen LogP contribution in [0.15, 0.2) is 97.8 Å². The van der Waals surface area contributed by atoms with Crippen LogP contribution >= 0.6 is 0 Å². The molecule has 0 fully saturated rings. The largest absolute Gasteiger partial charge is 0.490 e. The lowest BCUT2D eigenvalue weighted by Crippen LogP contribution is -2.21. The zero-order chi connectivity index (χ0) is 22.6. The summed E-state index contributed by atoms with van der Waals surface area (Å²) in [5, 5.41) is 9.73. The van der Waals surface area contributed by atoms with E-state index < -0.39 is 0 Å². The number of aromatic nitrogens is 3. The molecule has 0 spiro atoms. The van der Waals surface area contributed by atoms with E-state index in [0.717, 1.165) is 23.3 Å². The highest BCUT2D eigenvalue weighted by atomic mass is 16.5. The predicted molar refractivity (Wildman–Crippen MR) is 128 cm³/mol. The second-order valence-electron chi connectivity index (χ2n) is 7.43. The first kappa shape index (κ1) is 23.1. The normalized spacial score (nSPS) is 12.2. The van der Waals surface area contributed by atoms with E-state index in [9.17, 15) is 5.11 Å². The Bertz CT molecular complexity index is 1030. The quantitative estimate of drug-likeness (QED) is 0.402. The van der Waals surface area contributed by atoms with Crippen LogP contribution in [0.4, 0.5) is 0 Å². The average molecular weight is 428 g/mol. The highest BCUT2D eigenvalue weighted by Gasteiger charge is 2.16. The van der Waals surface area contributed by atoms with Crippen LogP contribution in [-0.2, 0) is 0 Å². The lowest BCUT2D eigenvalue weighted by Gasteiger charge is -2.22. The van der Waals surface area contributed by atoms with Gasteiger partial charge in [-0.2, -0.15) is 0 Å². The van der Waals surface area contributed by atoms with E-state index in [1.165, 1.54) is 30.1 Å². The second kappa shape index (κ2) is 12.3. The lowest BCUT2D eigenvalue weighted by molar-refractivity contribution is 0.104. The molecular weight excluding hydrogens is 398 g/mol. The molecule has 0 saturated heterocycles. The first-order valence-corrected chi connectivity index (χ1v) is 10.8. The van der Waals surface area contributed by atoms with Gasteiger partial charge in [0.1, 0.15) is 30.8 Å². The molecule has 0 aliphatic rings. The van der Waals surface area contributed by atoms with E-state index in [1.54, 1.807) is 0 Å². The average Bonchev–Trinajstić information content (AvgIpc) is 2.86. The van der Waals surface area contributed by atoms with Crippen molar-refractivity contribution in [2.75, 3.05) is 0 Å². The minimum Gasteiger partial charge on any atom is -0.490 e. The summed E-state index contributed by atoms with van der Waals surface area (Å²) in [5.41, 5.74) is 4.61. The van der Waals surface area contributed by atoms with E-state index >= 15 is 0 Å². The van der Waals surface area contributed by atoms with Crippen LogP contribution in [0.3, 0.4) is 0 Å². The molecule has 1 aromatic heterocycles. The molecule has 2 atom stereocenters. The maximum atomic E-state index is 9.73. The van der Waals surface area contributed by atoms with Gasteiger partial charge in [0.15, 0.2) is 0 Å². The molecule has 0 saturated carbocycles. The fourth-order valence-corrected chi connectivity index (χ4v) is 3.44. The highest BCUT2D eigenvalue weighted by molar-refractivity contribution is 5.86. The number of aliphatic hydroxyl groups excluding tert-OH is 1. The molecule has 1 heterocycles. The summed E-state index contributed by atoms with van der Waals surface area (Å²) >= 11 is 0. The standard InChI is InChI=1S/C24H26O2.C3H3N3/c1-3-20(17-18(2)25)26-24-16-10-9-15-23(24)22-14-8-7-13-21(22)19-11-5-4-6-12-19;1-4-2-6-3-5-1/h4-16,18,20,25H,3,17H2,1-2H3;1-3H. The topological polar surface area (TPSA) is 68.1 Å². The van der Waals surface area contributed by atoms with Gasteiger partial charge in [0.2, 0.25) is 0 Å². The van der Waals surface area contributed by atoms with Crippen LogP contribution in [0, 0.1) is 0 Å². The highest BCUT2D eigenvalue weighted by Crippen LogP contribution is 2.37. The summed E-state index contributed by atoms with van der Waals surface area (Å²) in [6.07, 6.45) is 5.43. The molecule has 5 heteroatoms. The summed E-state index contributed by atoms with van der Waals surface area (Å²) in [6, 6.07) is 27.0. The van der Waals surface area contributed by atoms with Gasteiger partial charge in [0, 0.05) is 12.0 Å². The van der Waals surface area contributed by atoms with Crippen LogP contribution in [0.2, 0.25) is 0 Å². The van der Waals surface area contributed by atoms with E-state index in [2.05, 4.69) is 76.5 Å². The molecule has 2 unspecified atom stereocenters. The number of aliphatic hydroxyl groups is 1. The van der Waals surface area contributed by atoms with E-state index in [0.29, 0.717) is 6.42 Å². The maximum Gasteiger partial charge on any atom is 0.127 e. The van der Waals surface area contributed by atoms with E-state index in [4.69, 9.17) is 4.74 Å². The number of ether oxygens (including phenoxy) is 1. The maximum absolute atomic E-state index is 9.73. The molecule has 1 N–H and O–H groups in total. The Balaban J connectivity index is 0.000000416. The fraction of sp³-hybridized carbons (Fsp3) is 0.222. The van der Waals surface area contributed by atoms with Gasteiger partial charge in [-0.1, -0.05) is 79.7 Å². The third-order valence-electron chi connectivity index (χ3n) is 4.94. The minimum atomic E-state index is -0.372. The monoisotopic (exact) mass is 427 g/mol. The Morgan fingerprint density at radius 1 is 0.719 bits per heavy atom. The summed E-state index contributed by atoms with van der Waals surface area (Å²) in [6.45, 7) is 3.90. The van der Waals surface area contributed by atoms with E-state index in [-0.39, 0.29) is 12.2 Å². The molecule has 32 heavy (non-hydrogen) atoms. The molecule has 4 rings (SSSR count). The molecule has 4 aromatic rings. The zero-order valence-corrected chi connectivity index (χ0v) is 18.5. The van der Waals surface area contributed by atoms with Gasteiger partial charge in [-0.15, -0.1) is 0 Å². The van der Waals surface area contributed by atoms with Crippen molar-refractivity contribution >= 4 is 0 Å². The molecule has 0 radical (unpaired) electrons. The number of nitrogens with zero attached hydrogens (tertiary/aromatic N) is 3. The number of benzene rings is 3. The lowest BCUT2D eigenvalue weighted by atomic mass is 9.94. The Labute approximate surface area is 189 Å². The van der Waals surface area contributed by atoms with Crippen molar-refractivity contribution in [2.24, 2.45) is 0 Å². The first-order valence-electron chi connectivity index (χ1n) is 10.8. The van der Waals surface area contributed by atoms with Gasteiger partial charge in [0.25, 0.3) is 0 Å². The second-order valence-corrected chi connectivity index (χ2v) is 7.43. The first-order chi connectivity index (χ1) is 15.7. The predicted octanol–water partition coefficient (Wildman–Crippen LogP) is 5.82. The van der Waals surface area contributed by atoms with Crippen molar-refractivity contribution in [2.45, 2.75) is 38.9 Å². The fourth-order valence-electron chi connectivity index (χ4n) is 3.44. The van der Waals surface area contributed by atoms with Crippen LogP contribution in [-0.4, -0.2) is 32.3 Å². The van der Waals surface area contributed by atoms with Crippen molar-refractivity contribution in [3.8, 4) is 28.0 Å². The van der Waals surface area contributed by atoms with Crippen molar-refractivity contribution in [3.05, 3.63) is 97.8 Å². The zero-order valence-electron chi connectivity index (χ0n) is 18.5. The molecule has 0 aliphatic carbocycles. The number of rotatable bonds is 7. The summed E-state index contributed by atoms with van der Waals surface area (Å²) in [7, 11) is 0. The SMILES string of the molecule is CCC(CC(C)O)Oc1ccccc1-c1ccccc1-c1ccccc1.c1ncncn1. The molecule has 0 amide bonds. The Kier molecular flexibility index (Phi) is 8.90. The van der Waals surface area contributed by atoms with Gasteiger partial charge in [-0.05, 0) is 36.1 Å². The Hall–Kier alpha value is -3.57. The summed E-state index contributed by atoms with van der Waals surface area (Å²) in [5.74, 6) is 0.864. The van der Waals surface area contributed by atoms with Gasteiger partial charge in [0.05, 0.1) is 6.10 Å². The third kappa shape index (κ3) is 6.72. The van der Waals surface area contributed by atoms with Gasteiger partial charge < -0.3 is 9.84 Å². The van der Waals surface area contributed by atoms with Crippen molar-refractivity contribution in [3.63, 3.8) is 0 Å². The number of hydrogen-bond acceptors (Lipinski definition) is 5. The smallest absolute Gasteiger partial charge is 0.127 e. The molecule has 5 nitrogen and oxygen atoms in total. The van der Waals surface area contributed by atoms with Crippen LogP contribution < -0.4 is 4.74 Å². The number of hydrogen-bond donors (Lipinski definition) is 1. The van der Waals surface area contributed by atoms with E-state index in [1.807, 2.05) is 31.2 Å². The van der Waals surface area contributed by atoms with Gasteiger partial charge in [-0.25, -0.2) is 15.0 Å². The minimum absolute atomic E-state index is 0.0000347. The van der Waals surface area contributed by atoms with Crippen LogP contribution in [0.25, 0.3) is 22.3 Å². The molecule has 0 bridgehead atoms. The molecular formula is C27H29N3O2. The Morgan fingerprint density at radius 3 is 1.81 bits per heavy atom. The van der Waals surface area contributed by atoms with Crippen molar-refractivity contribution < 1.29 is 9.84 Å². The van der Waals surface area contributed by atoms with Crippen molar-refractivity contribution in [1.82, 2.24) is 15.0 Å². The molecule has 0 aliphatic heterocycles. The Morgan fingerprint density at radius 2 is 1.25 bits per heavy atom. The van der Waals surface area contributed by atoms with Crippen LogP contribution in [0.5, 0.6) is 5.75 Å². The molecule has 3 aromatic carbocycles. The van der Waals surface area contributed by atoms with Crippen LogP contribution in [0.1, 0.15) is 26.7 Å².